The Labute approximate surface area is 122 Å². The quantitative estimate of drug-likeness (QED) is 0.858. The van der Waals surface area contributed by atoms with Crippen molar-refractivity contribution in [1.82, 2.24) is 10.2 Å². The third-order valence-electron chi connectivity index (χ3n) is 4.55. The van der Waals surface area contributed by atoms with E-state index in [1.165, 1.54) is 44.5 Å². The molecule has 2 saturated heterocycles. The molecule has 3 nitrogen and oxygen atoms in total. The van der Waals surface area contributed by atoms with Crippen molar-refractivity contribution in [3.05, 3.63) is 35.9 Å². The minimum absolute atomic E-state index is 0.686. The van der Waals surface area contributed by atoms with Crippen molar-refractivity contribution >= 4 is 0 Å². The third-order valence-corrected chi connectivity index (χ3v) is 4.55. The monoisotopic (exact) mass is 274 g/mol. The van der Waals surface area contributed by atoms with Crippen molar-refractivity contribution in [3.8, 4) is 0 Å². The summed E-state index contributed by atoms with van der Waals surface area (Å²) in [5.74, 6) is 0.744. The van der Waals surface area contributed by atoms with Gasteiger partial charge in [-0.1, -0.05) is 30.3 Å². The highest BCUT2D eigenvalue weighted by Gasteiger charge is 2.23. The second-order valence-corrected chi connectivity index (χ2v) is 6.16. The van der Waals surface area contributed by atoms with Crippen LogP contribution in [0.25, 0.3) is 0 Å². The average molecular weight is 274 g/mol. The smallest absolute Gasteiger partial charge is 0.0507 e. The van der Waals surface area contributed by atoms with E-state index in [-0.39, 0.29) is 0 Å². The Hall–Kier alpha value is -0.900. The van der Waals surface area contributed by atoms with Crippen molar-refractivity contribution < 1.29 is 4.74 Å². The normalized spacial score (nSPS) is 27.2. The lowest BCUT2D eigenvalue weighted by atomic mass is 10.1. The van der Waals surface area contributed by atoms with E-state index in [0.29, 0.717) is 6.04 Å². The fourth-order valence-corrected chi connectivity index (χ4v) is 3.21. The molecule has 1 N–H and O–H groups in total. The molecule has 3 rings (SSSR count). The van der Waals surface area contributed by atoms with Crippen LogP contribution in [0.1, 0.15) is 18.4 Å². The molecule has 2 unspecified atom stereocenters. The predicted octanol–water partition coefficient (Wildman–Crippen LogP) is 1.93. The van der Waals surface area contributed by atoms with Crippen LogP contribution < -0.4 is 5.32 Å². The molecule has 0 radical (unpaired) electrons. The van der Waals surface area contributed by atoms with Gasteiger partial charge in [0.05, 0.1) is 6.61 Å². The van der Waals surface area contributed by atoms with Crippen LogP contribution >= 0.6 is 0 Å². The number of likely N-dealkylation sites (tertiary alicyclic amines) is 1. The number of ether oxygens (including phenoxy) is 1. The molecule has 0 spiro atoms. The molecule has 1 aromatic carbocycles. The lowest BCUT2D eigenvalue weighted by Crippen LogP contribution is -2.36. The number of hydrogen-bond acceptors (Lipinski definition) is 3. The fourth-order valence-electron chi connectivity index (χ4n) is 3.21. The van der Waals surface area contributed by atoms with Crippen molar-refractivity contribution in [2.75, 3.05) is 39.4 Å². The molecular formula is C17H26N2O. The summed E-state index contributed by atoms with van der Waals surface area (Å²) in [4.78, 5) is 2.59. The third kappa shape index (κ3) is 4.05. The van der Waals surface area contributed by atoms with Crippen molar-refractivity contribution in [2.24, 2.45) is 5.92 Å². The van der Waals surface area contributed by atoms with E-state index >= 15 is 0 Å². The highest BCUT2D eigenvalue weighted by Crippen LogP contribution is 2.14. The van der Waals surface area contributed by atoms with Crippen LogP contribution in [0.3, 0.4) is 0 Å². The zero-order chi connectivity index (χ0) is 13.6. The summed E-state index contributed by atoms with van der Waals surface area (Å²) in [6.45, 7) is 6.69. The molecule has 3 heteroatoms. The van der Waals surface area contributed by atoms with Gasteiger partial charge in [0.1, 0.15) is 0 Å². The first-order valence-electron chi connectivity index (χ1n) is 7.97. The summed E-state index contributed by atoms with van der Waals surface area (Å²) in [5.41, 5.74) is 1.45. The molecule has 2 aliphatic heterocycles. The zero-order valence-electron chi connectivity index (χ0n) is 12.3. The van der Waals surface area contributed by atoms with Gasteiger partial charge in [0.25, 0.3) is 0 Å². The van der Waals surface area contributed by atoms with Crippen LogP contribution in [-0.2, 0) is 11.2 Å². The van der Waals surface area contributed by atoms with E-state index in [2.05, 4.69) is 40.5 Å². The number of benzene rings is 1. The van der Waals surface area contributed by atoms with E-state index in [9.17, 15) is 0 Å². The molecule has 0 bridgehead atoms. The van der Waals surface area contributed by atoms with Crippen LogP contribution in [-0.4, -0.2) is 50.3 Å². The van der Waals surface area contributed by atoms with Gasteiger partial charge in [0.2, 0.25) is 0 Å². The molecular weight excluding hydrogens is 248 g/mol. The summed E-state index contributed by atoms with van der Waals surface area (Å²) in [7, 11) is 0. The van der Waals surface area contributed by atoms with Gasteiger partial charge >= 0.3 is 0 Å². The summed E-state index contributed by atoms with van der Waals surface area (Å²) < 4.78 is 5.43. The SMILES string of the molecule is c1ccc(CCN2CCC(NCC3CCOC3)C2)cc1. The molecule has 0 saturated carbocycles. The fraction of sp³-hybridized carbons (Fsp3) is 0.647. The molecule has 0 aliphatic carbocycles. The van der Waals surface area contributed by atoms with Crippen molar-refractivity contribution in [3.63, 3.8) is 0 Å². The first-order valence-corrected chi connectivity index (χ1v) is 7.97. The maximum atomic E-state index is 5.43. The number of hydrogen-bond donors (Lipinski definition) is 1. The Morgan fingerprint density at radius 2 is 2.10 bits per heavy atom. The lowest BCUT2D eigenvalue weighted by molar-refractivity contribution is 0.184. The minimum Gasteiger partial charge on any atom is -0.381 e. The van der Waals surface area contributed by atoms with Crippen LogP contribution in [0.15, 0.2) is 30.3 Å². The average Bonchev–Trinajstić information content (AvgIpc) is 3.16. The maximum absolute atomic E-state index is 5.43. The topological polar surface area (TPSA) is 24.5 Å². The van der Waals surface area contributed by atoms with E-state index in [0.717, 1.165) is 25.7 Å². The molecule has 0 aromatic heterocycles. The second-order valence-electron chi connectivity index (χ2n) is 6.16. The van der Waals surface area contributed by atoms with Gasteiger partial charge in [-0.3, -0.25) is 0 Å². The first-order chi connectivity index (χ1) is 9.90. The summed E-state index contributed by atoms with van der Waals surface area (Å²) in [6, 6.07) is 11.5. The van der Waals surface area contributed by atoms with Gasteiger partial charge < -0.3 is 15.0 Å². The van der Waals surface area contributed by atoms with Crippen LogP contribution in [0.5, 0.6) is 0 Å². The summed E-state index contributed by atoms with van der Waals surface area (Å²) in [5, 5.41) is 3.73. The van der Waals surface area contributed by atoms with Gasteiger partial charge in [-0.2, -0.15) is 0 Å². The van der Waals surface area contributed by atoms with E-state index < -0.39 is 0 Å². The van der Waals surface area contributed by atoms with E-state index in [1.807, 2.05) is 0 Å². The molecule has 110 valence electrons. The molecule has 20 heavy (non-hydrogen) atoms. The Kier molecular flexibility index (Phi) is 5.06. The Bertz CT molecular complexity index is 389. The van der Waals surface area contributed by atoms with E-state index in [1.54, 1.807) is 0 Å². The minimum atomic E-state index is 0.686. The highest BCUT2D eigenvalue weighted by molar-refractivity contribution is 5.14. The first kappa shape index (κ1) is 14.1. The van der Waals surface area contributed by atoms with Crippen LogP contribution in [0.4, 0.5) is 0 Å². The molecule has 1 aromatic rings. The van der Waals surface area contributed by atoms with Gasteiger partial charge in [0.15, 0.2) is 0 Å². The molecule has 2 aliphatic rings. The van der Waals surface area contributed by atoms with Gasteiger partial charge in [-0.05, 0) is 37.3 Å². The Balaban J connectivity index is 1.34. The van der Waals surface area contributed by atoms with Crippen LogP contribution in [0, 0.1) is 5.92 Å². The number of nitrogens with zero attached hydrogens (tertiary/aromatic N) is 1. The zero-order valence-corrected chi connectivity index (χ0v) is 12.3. The lowest BCUT2D eigenvalue weighted by Gasteiger charge is -2.18. The number of rotatable bonds is 6. The highest BCUT2D eigenvalue weighted by atomic mass is 16.5. The van der Waals surface area contributed by atoms with Crippen molar-refractivity contribution in [2.45, 2.75) is 25.3 Å². The maximum Gasteiger partial charge on any atom is 0.0507 e. The Morgan fingerprint density at radius 3 is 2.90 bits per heavy atom. The van der Waals surface area contributed by atoms with Gasteiger partial charge in [0, 0.05) is 32.3 Å². The largest absolute Gasteiger partial charge is 0.381 e. The molecule has 0 amide bonds. The molecule has 2 fully saturated rings. The standard InChI is InChI=1S/C17H26N2O/c1-2-4-15(5-3-1)6-9-19-10-7-17(13-19)18-12-16-8-11-20-14-16/h1-5,16-18H,6-14H2. The Morgan fingerprint density at radius 1 is 1.20 bits per heavy atom. The van der Waals surface area contributed by atoms with Gasteiger partial charge in [-0.25, -0.2) is 0 Å². The van der Waals surface area contributed by atoms with Crippen molar-refractivity contribution in [1.29, 1.82) is 0 Å². The second kappa shape index (κ2) is 7.21. The number of nitrogens with one attached hydrogen (secondary N) is 1. The molecule has 2 atom stereocenters. The van der Waals surface area contributed by atoms with Gasteiger partial charge in [-0.15, -0.1) is 0 Å². The summed E-state index contributed by atoms with van der Waals surface area (Å²) in [6.07, 6.45) is 3.70. The predicted molar refractivity (Wildman–Crippen MR) is 81.9 cm³/mol. The van der Waals surface area contributed by atoms with E-state index in [4.69, 9.17) is 4.74 Å². The van der Waals surface area contributed by atoms with Crippen LogP contribution in [0.2, 0.25) is 0 Å². The summed E-state index contributed by atoms with van der Waals surface area (Å²) >= 11 is 0. The molecule has 2 heterocycles.